The summed E-state index contributed by atoms with van der Waals surface area (Å²) < 4.78 is 0. The maximum atomic E-state index is 4.47. The molecule has 0 saturated carbocycles. The first kappa shape index (κ1) is 11.7. The molecule has 0 saturated heterocycles. The van der Waals surface area contributed by atoms with Crippen LogP contribution in [0.1, 0.15) is 31.0 Å². The number of nitrogens with zero attached hydrogens (tertiary/aromatic N) is 1. The van der Waals surface area contributed by atoms with Crippen molar-refractivity contribution < 1.29 is 0 Å². The summed E-state index contributed by atoms with van der Waals surface area (Å²) in [5, 5.41) is 6.78. The van der Waals surface area contributed by atoms with Crippen molar-refractivity contribution in [1.29, 1.82) is 0 Å². The molecule has 0 amide bonds. The van der Waals surface area contributed by atoms with Crippen LogP contribution in [-0.4, -0.2) is 18.1 Å². The third-order valence-corrected chi connectivity index (χ3v) is 2.97. The molecule has 80 valence electrons. The van der Waals surface area contributed by atoms with E-state index in [-0.39, 0.29) is 0 Å². The van der Waals surface area contributed by atoms with Gasteiger partial charge in [-0.1, -0.05) is 13.8 Å². The monoisotopic (exact) mass is 212 g/mol. The lowest BCUT2D eigenvalue weighted by molar-refractivity contribution is 0.507. The standard InChI is InChI=1S/C11H20N2S/c1-4-5-12-7-9(2)6-11-8-14-10(3)13-11/h8-9,12H,4-7H2,1-3H3. The molecule has 1 heterocycles. The normalized spacial score (nSPS) is 13.1. The van der Waals surface area contributed by atoms with Crippen LogP contribution in [-0.2, 0) is 6.42 Å². The number of aryl methyl sites for hydroxylation is 1. The van der Waals surface area contributed by atoms with Gasteiger partial charge in [0.15, 0.2) is 0 Å². The molecule has 1 aromatic heterocycles. The Morgan fingerprint density at radius 1 is 1.57 bits per heavy atom. The second kappa shape index (κ2) is 6.14. The topological polar surface area (TPSA) is 24.9 Å². The summed E-state index contributed by atoms with van der Waals surface area (Å²) in [4.78, 5) is 4.47. The van der Waals surface area contributed by atoms with Crippen LogP contribution in [0.2, 0.25) is 0 Å². The predicted octanol–water partition coefficient (Wildman–Crippen LogP) is 2.63. The molecule has 3 heteroatoms. The number of rotatable bonds is 6. The van der Waals surface area contributed by atoms with Gasteiger partial charge < -0.3 is 5.32 Å². The Kier molecular flexibility index (Phi) is 5.12. The van der Waals surface area contributed by atoms with Crippen LogP contribution in [0.3, 0.4) is 0 Å². The number of nitrogens with one attached hydrogen (secondary N) is 1. The van der Waals surface area contributed by atoms with Gasteiger partial charge in [0.2, 0.25) is 0 Å². The summed E-state index contributed by atoms with van der Waals surface area (Å²) in [5.74, 6) is 0.683. The lowest BCUT2D eigenvalue weighted by Gasteiger charge is -2.10. The zero-order valence-electron chi connectivity index (χ0n) is 9.34. The maximum Gasteiger partial charge on any atom is 0.0897 e. The van der Waals surface area contributed by atoms with E-state index in [2.05, 4.69) is 36.5 Å². The van der Waals surface area contributed by atoms with Crippen molar-refractivity contribution in [3.8, 4) is 0 Å². The minimum Gasteiger partial charge on any atom is -0.316 e. The van der Waals surface area contributed by atoms with E-state index in [0.717, 1.165) is 19.5 Å². The minimum atomic E-state index is 0.683. The third kappa shape index (κ3) is 4.20. The highest BCUT2D eigenvalue weighted by molar-refractivity contribution is 7.09. The first-order chi connectivity index (χ1) is 6.72. The van der Waals surface area contributed by atoms with Crippen LogP contribution in [0.4, 0.5) is 0 Å². The highest BCUT2D eigenvalue weighted by Crippen LogP contribution is 2.12. The van der Waals surface area contributed by atoms with Gasteiger partial charge in [0.25, 0.3) is 0 Å². The van der Waals surface area contributed by atoms with Crippen molar-refractivity contribution >= 4 is 11.3 Å². The number of hydrogen-bond acceptors (Lipinski definition) is 3. The molecular weight excluding hydrogens is 192 g/mol. The Morgan fingerprint density at radius 3 is 2.93 bits per heavy atom. The minimum absolute atomic E-state index is 0.683. The molecule has 1 aromatic rings. The van der Waals surface area contributed by atoms with E-state index in [1.165, 1.54) is 17.1 Å². The highest BCUT2D eigenvalue weighted by atomic mass is 32.1. The van der Waals surface area contributed by atoms with Gasteiger partial charge >= 0.3 is 0 Å². The predicted molar refractivity (Wildman–Crippen MR) is 62.9 cm³/mol. The molecular formula is C11H20N2S. The number of thiazole rings is 1. The molecule has 0 radical (unpaired) electrons. The highest BCUT2D eigenvalue weighted by Gasteiger charge is 2.05. The lowest BCUT2D eigenvalue weighted by atomic mass is 10.1. The number of aromatic nitrogens is 1. The van der Waals surface area contributed by atoms with E-state index in [9.17, 15) is 0 Å². The molecule has 0 aromatic carbocycles. The van der Waals surface area contributed by atoms with Crippen LogP contribution in [0.25, 0.3) is 0 Å². The van der Waals surface area contributed by atoms with Gasteiger partial charge in [0, 0.05) is 5.38 Å². The first-order valence-electron chi connectivity index (χ1n) is 5.34. The average Bonchev–Trinajstić information content (AvgIpc) is 2.52. The molecule has 1 rings (SSSR count). The van der Waals surface area contributed by atoms with Crippen LogP contribution < -0.4 is 5.32 Å². The molecule has 1 atom stereocenters. The first-order valence-corrected chi connectivity index (χ1v) is 6.22. The number of hydrogen-bond donors (Lipinski definition) is 1. The zero-order valence-corrected chi connectivity index (χ0v) is 10.2. The van der Waals surface area contributed by atoms with E-state index in [0.29, 0.717) is 5.92 Å². The van der Waals surface area contributed by atoms with Gasteiger partial charge in [0.05, 0.1) is 10.7 Å². The third-order valence-electron chi connectivity index (χ3n) is 2.14. The maximum absolute atomic E-state index is 4.47. The van der Waals surface area contributed by atoms with Crippen molar-refractivity contribution in [3.63, 3.8) is 0 Å². The second-order valence-corrected chi connectivity index (χ2v) is 4.93. The fourth-order valence-electron chi connectivity index (χ4n) is 1.46. The summed E-state index contributed by atoms with van der Waals surface area (Å²) in [7, 11) is 0. The Hall–Kier alpha value is -0.410. The van der Waals surface area contributed by atoms with Crippen LogP contribution in [0.15, 0.2) is 5.38 Å². The Labute approximate surface area is 90.8 Å². The van der Waals surface area contributed by atoms with Gasteiger partial charge in [-0.05, 0) is 38.8 Å². The molecule has 0 aliphatic rings. The summed E-state index contributed by atoms with van der Waals surface area (Å²) in [6.45, 7) is 8.76. The van der Waals surface area contributed by atoms with E-state index < -0.39 is 0 Å². The largest absolute Gasteiger partial charge is 0.316 e. The van der Waals surface area contributed by atoms with Gasteiger partial charge in [0.1, 0.15) is 0 Å². The molecule has 0 aliphatic heterocycles. The van der Waals surface area contributed by atoms with Crippen molar-refractivity contribution in [1.82, 2.24) is 10.3 Å². The lowest BCUT2D eigenvalue weighted by Crippen LogP contribution is -2.23. The zero-order chi connectivity index (χ0) is 10.4. The average molecular weight is 212 g/mol. The van der Waals surface area contributed by atoms with Crippen molar-refractivity contribution in [2.75, 3.05) is 13.1 Å². The van der Waals surface area contributed by atoms with Gasteiger partial charge in [-0.15, -0.1) is 11.3 Å². The Morgan fingerprint density at radius 2 is 2.36 bits per heavy atom. The van der Waals surface area contributed by atoms with Gasteiger partial charge in [-0.3, -0.25) is 0 Å². The Balaban J connectivity index is 2.23. The molecule has 0 fully saturated rings. The van der Waals surface area contributed by atoms with Crippen molar-refractivity contribution in [3.05, 3.63) is 16.1 Å². The van der Waals surface area contributed by atoms with E-state index >= 15 is 0 Å². The SMILES string of the molecule is CCCNCC(C)Cc1csc(C)n1. The van der Waals surface area contributed by atoms with E-state index in [4.69, 9.17) is 0 Å². The van der Waals surface area contributed by atoms with Crippen LogP contribution in [0, 0.1) is 12.8 Å². The molecule has 1 unspecified atom stereocenters. The summed E-state index contributed by atoms with van der Waals surface area (Å²) in [6, 6.07) is 0. The summed E-state index contributed by atoms with van der Waals surface area (Å²) in [5.41, 5.74) is 1.25. The van der Waals surface area contributed by atoms with Crippen LogP contribution in [0.5, 0.6) is 0 Å². The summed E-state index contributed by atoms with van der Waals surface area (Å²) in [6.07, 6.45) is 2.31. The molecule has 14 heavy (non-hydrogen) atoms. The second-order valence-electron chi connectivity index (χ2n) is 3.87. The molecule has 2 nitrogen and oxygen atoms in total. The summed E-state index contributed by atoms with van der Waals surface area (Å²) >= 11 is 1.74. The molecule has 0 spiro atoms. The molecule has 1 N–H and O–H groups in total. The smallest absolute Gasteiger partial charge is 0.0897 e. The van der Waals surface area contributed by atoms with Crippen molar-refractivity contribution in [2.24, 2.45) is 5.92 Å². The van der Waals surface area contributed by atoms with E-state index in [1.807, 2.05) is 0 Å². The quantitative estimate of drug-likeness (QED) is 0.733. The Bertz CT molecular complexity index is 258. The fraction of sp³-hybridized carbons (Fsp3) is 0.727. The molecule has 0 aliphatic carbocycles. The van der Waals surface area contributed by atoms with E-state index in [1.54, 1.807) is 11.3 Å². The van der Waals surface area contributed by atoms with Gasteiger partial charge in [-0.25, -0.2) is 4.98 Å². The van der Waals surface area contributed by atoms with Gasteiger partial charge in [-0.2, -0.15) is 0 Å². The molecule has 0 bridgehead atoms. The van der Waals surface area contributed by atoms with Crippen molar-refractivity contribution in [2.45, 2.75) is 33.6 Å². The fourth-order valence-corrected chi connectivity index (χ4v) is 2.08. The van der Waals surface area contributed by atoms with Crippen LogP contribution >= 0.6 is 11.3 Å².